The third-order valence-corrected chi connectivity index (χ3v) is 6.35. The zero-order valence-corrected chi connectivity index (χ0v) is 22.3. The van der Waals surface area contributed by atoms with E-state index in [9.17, 15) is 4.79 Å². The number of halogens is 1. The molecule has 0 unspecified atom stereocenters. The summed E-state index contributed by atoms with van der Waals surface area (Å²) in [4.78, 5) is 23.7. The van der Waals surface area contributed by atoms with Crippen LogP contribution in [0.2, 0.25) is 0 Å². The van der Waals surface area contributed by atoms with Crippen LogP contribution in [-0.4, -0.2) is 79.5 Å². The zero-order chi connectivity index (χ0) is 22.9. The number of rotatable bonds is 8. The molecule has 0 radical (unpaired) electrons. The summed E-state index contributed by atoms with van der Waals surface area (Å²) in [6.45, 7) is 7.73. The van der Waals surface area contributed by atoms with Crippen molar-refractivity contribution in [1.82, 2.24) is 20.0 Å². The normalized spacial score (nSPS) is 16.1. The lowest BCUT2D eigenvalue weighted by atomic mass is 10.1. The van der Waals surface area contributed by atoms with Crippen molar-refractivity contribution >= 4 is 35.8 Å². The number of hydrogen-bond acceptors (Lipinski definition) is 4. The predicted molar refractivity (Wildman–Crippen MR) is 147 cm³/mol. The van der Waals surface area contributed by atoms with Crippen molar-refractivity contribution in [2.24, 2.45) is 4.99 Å². The highest BCUT2D eigenvalue weighted by Gasteiger charge is 2.23. The molecule has 0 bridgehead atoms. The molecule has 8 heteroatoms. The van der Waals surface area contributed by atoms with Crippen LogP contribution in [0, 0.1) is 0 Å². The Hall–Kier alpha value is -2.33. The SMILES string of the molecule is CN=C(NCCCC(=O)N1Cc2ccccc2C1)N1CCN(CCOc2ccccc2)CC1.I. The maximum Gasteiger partial charge on any atom is 0.223 e. The summed E-state index contributed by atoms with van der Waals surface area (Å²) in [7, 11) is 1.83. The summed E-state index contributed by atoms with van der Waals surface area (Å²) in [5, 5.41) is 3.44. The Morgan fingerprint density at radius 2 is 1.59 bits per heavy atom. The molecule has 1 N–H and O–H groups in total. The topological polar surface area (TPSA) is 60.4 Å². The Labute approximate surface area is 220 Å². The second kappa shape index (κ2) is 13.5. The Bertz CT molecular complexity index is 907. The van der Waals surface area contributed by atoms with Gasteiger partial charge in [-0.15, -0.1) is 24.0 Å². The molecule has 1 amide bonds. The second-order valence-corrected chi connectivity index (χ2v) is 8.59. The maximum atomic E-state index is 12.6. The number of guanidine groups is 1. The minimum absolute atomic E-state index is 0. The predicted octanol–water partition coefficient (Wildman–Crippen LogP) is 3.20. The number of fused-ring (bicyclic) bond motifs is 1. The molecule has 4 rings (SSSR count). The molecule has 2 heterocycles. The van der Waals surface area contributed by atoms with Gasteiger partial charge < -0.3 is 19.9 Å². The van der Waals surface area contributed by atoms with Gasteiger partial charge in [-0.05, 0) is 29.7 Å². The van der Waals surface area contributed by atoms with E-state index in [-0.39, 0.29) is 29.9 Å². The van der Waals surface area contributed by atoms with Crippen molar-refractivity contribution in [2.75, 3.05) is 52.9 Å². The van der Waals surface area contributed by atoms with Gasteiger partial charge in [-0.2, -0.15) is 0 Å². The molecule has 2 aromatic rings. The number of carbonyl (C=O) groups excluding carboxylic acids is 1. The van der Waals surface area contributed by atoms with Gasteiger partial charge in [-0.1, -0.05) is 42.5 Å². The van der Waals surface area contributed by atoms with Crippen molar-refractivity contribution in [3.63, 3.8) is 0 Å². The molecule has 2 aliphatic rings. The smallest absolute Gasteiger partial charge is 0.223 e. The van der Waals surface area contributed by atoms with E-state index in [1.54, 1.807) is 0 Å². The van der Waals surface area contributed by atoms with Crippen molar-refractivity contribution in [3.8, 4) is 5.75 Å². The van der Waals surface area contributed by atoms with Crippen LogP contribution in [-0.2, 0) is 17.9 Å². The maximum absolute atomic E-state index is 12.6. The van der Waals surface area contributed by atoms with Gasteiger partial charge >= 0.3 is 0 Å². The quantitative estimate of drug-likeness (QED) is 0.226. The third-order valence-electron chi connectivity index (χ3n) is 6.35. The lowest BCUT2D eigenvalue weighted by molar-refractivity contribution is -0.131. The van der Waals surface area contributed by atoms with Crippen molar-refractivity contribution in [2.45, 2.75) is 25.9 Å². The summed E-state index contributed by atoms with van der Waals surface area (Å²) in [5.74, 6) is 2.08. The minimum Gasteiger partial charge on any atom is -0.492 e. The molecule has 0 atom stereocenters. The number of carbonyl (C=O) groups is 1. The van der Waals surface area contributed by atoms with Gasteiger partial charge in [-0.25, -0.2) is 0 Å². The van der Waals surface area contributed by atoms with Crippen LogP contribution in [0.4, 0.5) is 0 Å². The minimum atomic E-state index is 0. The summed E-state index contributed by atoms with van der Waals surface area (Å²) >= 11 is 0. The highest BCUT2D eigenvalue weighted by Crippen LogP contribution is 2.22. The molecule has 0 aliphatic carbocycles. The fraction of sp³-hybridized carbons (Fsp3) is 0.462. The van der Waals surface area contributed by atoms with E-state index in [1.165, 1.54) is 11.1 Å². The first-order valence-electron chi connectivity index (χ1n) is 11.9. The number of hydrogen-bond donors (Lipinski definition) is 1. The third kappa shape index (κ3) is 7.33. The van der Waals surface area contributed by atoms with Crippen LogP contribution in [0.1, 0.15) is 24.0 Å². The molecule has 0 saturated carbocycles. The van der Waals surface area contributed by atoms with Gasteiger partial charge in [0.2, 0.25) is 5.91 Å². The second-order valence-electron chi connectivity index (χ2n) is 8.59. The molecular weight excluding hydrogens is 541 g/mol. The molecule has 2 aromatic carbocycles. The van der Waals surface area contributed by atoms with E-state index < -0.39 is 0 Å². The lowest BCUT2D eigenvalue weighted by Crippen LogP contribution is -2.53. The van der Waals surface area contributed by atoms with Gasteiger partial charge in [-0.3, -0.25) is 14.7 Å². The largest absolute Gasteiger partial charge is 0.492 e. The molecule has 0 aromatic heterocycles. The molecule has 2 aliphatic heterocycles. The van der Waals surface area contributed by atoms with E-state index in [0.717, 1.165) is 70.5 Å². The number of nitrogens with zero attached hydrogens (tertiary/aromatic N) is 4. The highest BCUT2D eigenvalue weighted by molar-refractivity contribution is 14.0. The highest BCUT2D eigenvalue weighted by atomic mass is 127. The number of piperazine rings is 1. The van der Waals surface area contributed by atoms with E-state index in [0.29, 0.717) is 13.0 Å². The van der Waals surface area contributed by atoms with Crippen LogP contribution in [0.15, 0.2) is 59.6 Å². The average molecular weight is 578 g/mol. The lowest BCUT2D eigenvalue weighted by Gasteiger charge is -2.36. The van der Waals surface area contributed by atoms with Crippen LogP contribution in [0.3, 0.4) is 0 Å². The molecule has 7 nitrogen and oxygen atoms in total. The van der Waals surface area contributed by atoms with Crippen LogP contribution < -0.4 is 10.1 Å². The van der Waals surface area contributed by atoms with Crippen LogP contribution in [0.5, 0.6) is 5.75 Å². The van der Waals surface area contributed by atoms with E-state index in [2.05, 4.69) is 32.2 Å². The molecule has 34 heavy (non-hydrogen) atoms. The van der Waals surface area contributed by atoms with E-state index in [1.807, 2.05) is 54.4 Å². The molecular formula is C26H36IN5O2. The number of para-hydroxylation sites is 1. The Kier molecular flexibility index (Phi) is 10.5. The Morgan fingerprint density at radius 1 is 0.941 bits per heavy atom. The van der Waals surface area contributed by atoms with E-state index in [4.69, 9.17) is 4.74 Å². The van der Waals surface area contributed by atoms with Gasteiger partial charge in [0.05, 0.1) is 0 Å². The standard InChI is InChI=1S/C26H35N5O2.HI/c1-27-26(28-13-7-12-25(32)31-20-22-8-5-6-9-23(22)21-31)30-16-14-29(15-17-30)18-19-33-24-10-3-2-4-11-24;/h2-6,8-11H,7,12-21H2,1H3,(H,27,28);1H. The number of aliphatic imine (C=N–C) groups is 1. The first-order valence-corrected chi connectivity index (χ1v) is 11.9. The van der Waals surface area contributed by atoms with E-state index >= 15 is 0 Å². The molecule has 0 spiro atoms. The number of amides is 1. The Morgan fingerprint density at radius 3 is 2.24 bits per heavy atom. The van der Waals surface area contributed by atoms with Gasteiger partial charge in [0.1, 0.15) is 12.4 Å². The van der Waals surface area contributed by atoms with Crippen molar-refractivity contribution in [3.05, 3.63) is 65.7 Å². The molecule has 1 fully saturated rings. The van der Waals surface area contributed by atoms with Crippen LogP contribution >= 0.6 is 24.0 Å². The Balaban J connectivity index is 0.00000324. The van der Waals surface area contributed by atoms with Gasteiger partial charge in [0.15, 0.2) is 5.96 Å². The summed E-state index contributed by atoms with van der Waals surface area (Å²) < 4.78 is 5.82. The fourth-order valence-corrected chi connectivity index (χ4v) is 4.43. The van der Waals surface area contributed by atoms with Gasteiger partial charge in [0.25, 0.3) is 0 Å². The fourth-order valence-electron chi connectivity index (χ4n) is 4.43. The number of ether oxygens (including phenoxy) is 1. The number of benzene rings is 2. The van der Waals surface area contributed by atoms with Gasteiger partial charge in [0, 0.05) is 65.8 Å². The summed E-state index contributed by atoms with van der Waals surface area (Å²) in [6.07, 6.45) is 1.37. The van der Waals surface area contributed by atoms with Crippen molar-refractivity contribution < 1.29 is 9.53 Å². The summed E-state index contributed by atoms with van der Waals surface area (Å²) in [6, 6.07) is 18.3. The first-order chi connectivity index (χ1) is 16.2. The molecule has 1 saturated heterocycles. The summed E-state index contributed by atoms with van der Waals surface area (Å²) in [5.41, 5.74) is 2.55. The van der Waals surface area contributed by atoms with Crippen LogP contribution in [0.25, 0.3) is 0 Å². The zero-order valence-electron chi connectivity index (χ0n) is 20.0. The molecule has 184 valence electrons. The first kappa shape index (κ1) is 26.3. The average Bonchev–Trinajstić information content (AvgIpc) is 3.30. The number of nitrogens with one attached hydrogen (secondary N) is 1. The van der Waals surface area contributed by atoms with Crippen molar-refractivity contribution in [1.29, 1.82) is 0 Å². The monoisotopic (exact) mass is 577 g/mol.